The van der Waals surface area contributed by atoms with Crippen LogP contribution in [-0.4, -0.2) is 39.3 Å². The Morgan fingerprint density at radius 2 is 1.76 bits per heavy atom. The van der Waals surface area contributed by atoms with Crippen LogP contribution in [0.25, 0.3) is 17.1 Å². The van der Waals surface area contributed by atoms with Crippen LogP contribution in [0, 0.1) is 6.92 Å². The molecule has 0 fully saturated rings. The van der Waals surface area contributed by atoms with E-state index in [0.717, 1.165) is 40.2 Å². The van der Waals surface area contributed by atoms with E-state index in [0.29, 0.717) is 0 Å². The first-order valence-electron chi connectivity index (χ1n) is 8.13. The van der Waals surface area contributed by atoms with Crippen LogP contribution >= 0.6 is 11.8 Å². The highest BCUT2D eigenvalue weighted by Gasteiger charge is 2.16. The van der Waals surface area contributed by atoms with Gasteiger partial charge in [0.15, 0.2) is 11.0 Å². The molecule has 5 nitrogen and oxygen atoms in total. The van der Waals surface area contributed by atoms with Gasteiger partial charge in [0.2, 0.25) is 0 Å². The normalized spacial score (nSPS) is 10.8. The van der Waals surface area contributed by atoms with Gasteiger partial charge in [-0.15, -0.1) is 10.2 Å². The minimum absolute atomic E-state index is 0.178. The first-order chi connectivity index (χ1) is 12.2. The second kappa shape index (κ2) is 8.18. The molecule has 2 aromatic carbocycles. The SMILES string of the molecule is COc1ccc(-c2nnc(SCCCO)n2-c2ccc(C)cc2)cc1. The minimum atomic E-state index is 0.178. The molecule has 0 unspecified atom stereocenters. The van der Waals surface area contributed by atoms with Crippen molar-refractivity contribution in [3.05, 3.63) is 54.1 Å². The van der Waals surface area contributed by atoms with Crippen molar-refractivity contribution in [3.8, 4) is 22.8 Å². The van der Waals surface area contributed by atoms with Crippen molar-refractivity contribution in [2.75, 3.05) is 19.5 Å². The van der Waals surface area contributed by atoms with Crippen LogP contribution in [-0.2, 0) is 0 Å². The third kappa shape index (κ3) is 4.03. The number of hydrogen-bond acceptors (Lipinski definition) is 5. The Hall–Kier alpha value is -2.31. The van der Waals surface area contributed by atoms with Gasteiger partial charge >= 0.3 is 0 Å². The standard InChI is InChI=1S/C19H21N3O2S/c1-14-4-8-16(9-5-14)22-18(15-6-10-17(24-2)11-7-15)20-21-19(22)25-13-3-12-23/h4-11,23H,3,12-13H2,1-2H3. The molecule has 0 radical (unpaired) electrons. The predicted octanol–water partition coefficient (Wildman–Crippen LogP) is 3.73. The molecule has 1 heterocycles. The zero-order valence-corrected chi connectivity index (χ0v) is 15.2. The highest BCUT2D eigenvalue weighted by molar-refractivity contribution is 7.99. The van der Waals surface area contributed by atoms with E-state index in [1.807, 2.05) is 24.3 Å². The minimum Gasteiger partial charge on any atom is -0.497 e. The maximum absolute atomic E-state index is 9.03. The van der Waals surface area contributed by atoms with Gasteiger partial charge < -0.3 is 9.84 Å². The van der Waals surface area contributed by atoms with Gasteiger partial charge in [0, 0.05) is 23.6 Å². The van der Waals surface area contributed by atoms with Gasteiger partial charge in [0.1, 0.15) is 5.75 Å². The lowest BCUT2D eigenvalue weighted by Crippen LogP contribution is -2.00. The fourth-order valence-corrected chi connectivity index (χ4v) is 3.32. The highest BCUT2D eigenvalue weighted by atomic mass is 32.2. The summed E-state index contributed by atoms with van der Waals surface area (Å²) >= 11 is 1.60. The third-order valence-electron chi connectivity index (χ3n) is 3.81. The molecule has 6 heteroatoms. The molecule has 0 spiro atoms. The summed E-state index contributed by atoms with van der Waals surface area (Å²) in [6.45, 7) is 2.24. The van der Waals surface area contributed by atoms with Gasteiger partial charge in [-0.25, -0.2) is 0 Å². The number of aromatic nitrogens is 3. The Balaban J connectivity index is 2.03. The molecule has 1 N–H and O–H groups in total. The highest BCUT2D eigenvalue weighted by Crippen LogP contribution is 2.29. The Bertz CT molecular complexity index is 814. The van der Waals surface area contributed by atoms with Gasteiger partial charge in [-0.2, -0.15) is 0 Å². The van der Waals surface area contributed by atoms with E-state index in [4.69, 9.17) is 9.84 Å². The molecule has 25 heavy (non-hydrogen) atoms. The van der Waals surface area contributed by atoms with E-state index in [-0.39, 0.29) is 6.61 Å². The zero-order chi connectivity index (χ0) is 17.6. The number of aliphatic hydroxyl groups is 1. The van der Waals surface area contributed by atoms with E-state index in [9.17, 15) is 0 Å². The Labute approximate surface area is 151 Å². The molecular weight excluding hydrogens is 334 g/mol. The Morgan fingerprint density at radius 1 is 1.04 bits per heavy atom. The average molecular weight is 355 g/mol. The molecule has 0 aliphatic carbocycles. The van der Waals surface area contributed by atoms with Gasteiger partial charge in [0.05, 0.1) is 7.11 Å². The van der Waals surface area contributed by atoms with Gasteiger partial charge in [0.25, 0.3) is 0 Å². The summed E-state index contributed by atoms with van der Waals surface area (Å²) in [6.07, 6.45) is 0.725. The number of ether oxygens (including phenoxy) is 1. The molecule has 0 bridgehead atoms. The van der Waals surface area contributed by atoms with Crippen LogP contribution in [0.4, 0.5) is 0 Å². The summed E-state index contributed by atoms with van der Waals surface area (Å²) in [5.74, 6) is 2.39. The number of rotatable bonds is 7. The maximum Gasteiger partial charge on any atom is 0.196 e. The molecule has 0 saturated carbocycles. The molecule has 0 aliphatic heterocycles. The van der Waals surface area contributed by atoms with Crippen molar-refractivity contribution in [2.24, 2.45) is 0 Å². The summed E-state index contributed by atoms with van der Waals surface area (Å²) in [7, 11) is 1.65. The van der Waals surface area contributed by atoms with E-state index in [1.54, 1.807) is 18.9 Å². The van der Waals surface area contributed by atoms with E-state index >= 15 is 0 Å². The number of thioether (sulfide) groups is 1. The topological polar surface area (TPSA) is 60.2 Å². The summed E-state index contributed by atoms with van der Waals surface area (Å²) in [5, 5.41) is 18.6. The second-order valence-electron chi connectivity index (χ2n) is 5.63. The van der Waals surface area contributed by atoms with Gasteiger partial charge in [-0.3, -0.25) is 4.57 Å². The molecule has 1 aromatic heterocycles. The largest absolute Gasteiger partial charge is 0.497 e. The lowest BCUT2D eigenvalue weighted by Gasteiger charge is -2.11. The molecule has 0 aliphatic rings. The average Bonchev–Trinajstić information content (AvgIpc) is 3.06. The zero-order valence-electron chi connectivity index (χ0n) is 14.3. The van der Waals surface area contributed by atoms with Crippen molar-refractivity contribution in [3.63, 3.8) is 0 Å². The number of nitrogens with zero attached hydrogens (tertiary/aromatic N) is 3. The van der Waals surface area contributed by atoms with Crippen LogP contribution in [0.2, 0.25) is 0 Å². The molecule has 3 aromatic rings. The summed E-state index contributed by atoms with van der Waals surface area (Å²) in [5.41, 5.74) is 3.20. The molecular formula is C19H21N3O2S. The third-order valence-corrected chi connectivity index (χ3v) is 4.82. The molecule has 0 saturated heterocycles. The van der Waals surface area contributed by atoms with Crippen molar-refractivity contribution < 1.29 is 9.84 Å². The predicted molar refractivity (Wildman–Crippen MR) is 101 cm³/mol. The first-order valence-corrected chi connectivity index (χ1v) is 9.12. The van der Waals surface area contributed by atoms with Crippen molar-refractivity contribution in [1.29, 1.82) is 0 Å². The fraction of sp³-hybridized carbons (Fsp3) is 0.263. The summed E-state index contributed by atoms with van der Waals surface area (Å²) in [4.78, 5) is 0. The van der Waals surface area contributed by atoms with Crippen molar-refractivity contribution >= 4 is 11.8 Å². The van der Waals surface area contributed by atoms with Crippen LogP contribution < -0.4 is 4.74 Å². The number of aliphatic hydroxyl groups excluding tert-OH is 1. The number of hydrogen-bond donors (Lipinski definition) is 1. The summed E-state index contributed by atoms with van der Waals surface area (Å²) in [6, 6.07) is 16.1. The molecule has 3 rings (SSSR count). The smallest absolute Gasteiger partial charge is 0.196 e. The van der Waals surface area contributed by atoms with Gasteiger partial charge in [-0.05, 0) is 49.7 Å². The van der Waals surface area contributed by atoms with Gasteiger partial charge in [-0.1, -0.05) is 29.5 Å². The summed E-state index contributed by atoms with van der Waals surface area (Å²) < 4.78 is 7.29. The second-order valence-corrected chi connectivity index (χ2v) is 6.69. The molecule has 0 amide bonds. The van der Waals surface area contributed by atoms with E-state index in [2.05, 4.69) is 46.0 Å². The quantitative estimate of drug-likeness (QED) is 0.517. The van der Waals surface area contributed by atoms with E-state index in [1.165, 1.54) is 5.56 Å². The maximum atomic E-state index is 9.03. The van der Waals surface area contributed by atoms with Crippen LogP contribution in [0.15, 0.2) is 53.7 Å². The van der Waals surface area contributed by atoms with Crippen molar-refractivity contribution in [1.82, 2.24) is 14.8 Å². The number of benzene rings is 2. The Kier molecular flexibility index (Phi) is 5.73. The van der Waals surface area contributed by atoms with Crippen LogP contribution in [0.3, 0.4) is 0 Å². The van der Waals surface area contributed by atoms with Crippen LogP contribution in [0.5, 0.6) is 5.75 Å². The molecule has 130 valence electrons. The van der Waals surface area contributed by atoms with Crippen molar-refractivity contribution in [2.45, 2.75) is 18.5 Å². The first kappa shape index (κ1) is 17.5. The van der Waals surface area contributed by atoms with Crippen LogP contribution in [0.1, 0.15) is 12.0 Å². The Morgan fingerprint density at radius 3 is 2.40 bits per heavy atom. The monoisotopic (exact) mass is 355 g/mol. The number of methoxy groups -OCH3 is 1. The fourth-order valence-electron chi connectivity index (χ4n) is 2.45. The number of aryl methyl sites for hydroxylation is 1. The molecule has 0 atom stereocenters. The lowest BCUT2D eigenvalue weighted by molar-refractivity contribution is 0.296. The lowest BCUT2D eigenvalue weighted by atomic mass is 10.2. The van der Waals surface area contributed by atoms with E-state index < -0.39 is 0 Å².